The molecule has 2 heteroatoms. The van der Waals surface area contributed by atoms with Crippen LogP contribution < -0.4 is 5.32 Å². The van der Waals surface area contributed by atoms with Crippen molar-refractivity contribution >= 4 is 0 Å². The number of nitrogens with one attached hydrogen (secondary N) is 1. The van der Waals surface area contributed by atoms with Gasteiger partial charge in [-0.1, -0.05) is 20.3 Å². The van der Waals surface area contributed by atoms with Gasteiger partial charge in [-0.25, -0.2) is 0 Å². The van der Waals surface area contributed by atoms with Gasteiger partial charge >= 0.3 is 0 Å². The van der Waals surface area contributed by atoms with Gasteiger partial charge in [0.25, 0.3) is 0 Å². The van der Waals surface area contributed by atoms with Gasteiger partial charge in [-0.3, -0.25) is 0 Å². The summed E-state index contributed by atoms with van der Waals surface area (Å²) in [5, 5.41) is 3.30. The summed E-state index contributed by atoms with van der Waals surface area (Å²) < 4.78 is 5.48. The fourth-order valence-corrected chi connectivity index (χ4v) is 1.52. The Labute approximate surface area is 83.1 Å². The van der Waals surface area contributed by atoms with Crippen LogP contribution >= 0.6 is 0 Å². The molecule has 0 aliphatic heterocycles. The van der Waals surface area contributed by atoms with Gasteiger partial charge in [0.05, 0.1) is 0 Å². The lowest BCUT2D eigenvalue weighted by Crippen LogP contribution is -2.30. The fraction of sp³-hybridized carbons (Fsp3) is 1.00. The zero-order chi connectivity index (χ0) is 10.1. The molecule has 2 unspecified atom stereocenters. The Hall–Kier alpha value is -0.0800. The van der Waals surface area contributed by atoms with E-state index in [1.807, 2.05) is 7.05 Å². The van der Waals surface area contributed by atoms with Crippen LogP contribution in [0.3, 0.4) is 0 Å². The molecule has 0 aliphatic carbocycles. The molecule has 0 spiro atoms. The molecule has 0 aromatic heterocycles. The van der Waals surface area contributed by atoms with Crippen LogP contribution in [-0.4, -0.2) is 26.3 Å². The zero-order valence-corrected chi connectivity index (χ0v) is 9.60. The van der Waals surface area contributed by atoms with Gasteiger partial charge in [-0.2, -0.15) is 0 Å². The van der Waals surface area contributed by atoms with E-state index in [9.17, 15) is 0 Å². The van der Waals surface area contributed by atoms with E-state index >= 15 is 0 Å². The van der Waals surface area contributed by atoms with Crippen LogP contribution in [0, 0.1) is 5.92 Å². The summed E-state index contributed by atoms with van der Waals surface area (Å²) in [4.78, 5) is 0. The summed E-state index contributed by atoms with van der Waals surface area (Å²) >= 11 is 0. The van der Waals surface area contributed by atoms with Crippen molar-refractivity contribution in [3.05, 3.63) is 0 Å². The molecule has 2 atom stereocenters. The molecule has 0 heterocycles. The second-order valence-electron chi connectivity index (χ2n) is 3.65. The molecular weight excluding hydrogens is 162 g/mol. The molecule has 0 rings (SSSR count). The highest BCUT2D eigenvalue weighted by atomic mass is 16.5. The lowest BCUT2D eigenvalue weighted by atomic mass is 9.95. The average molecular weight is 187 g/mol. The average Bonchev–Trinajstić information content (AvgIpc) is 2.17. The van der Waals surface area contributed by atoms with Crippen molar-refractivity contribution in [1.29, 1.82) is 0 Å². The molecule has 0 bridgehead atoms. The quantitative estimate of drug-likeness (QED) is 0.589. The normalized spacial score (nSPS) is 15.7. The van der Waals surface area contributed by atoms with Crippen LogP contribution in [-0.2, 0) is 4.74 Å². The minimum Gasteiger partial charge on any atom is -0.381 e. The second kappa shape index (κ2) is 8.52. The molecule has 1 N–H and O–H groups in total. The highest BCUT2D eigenvalue weighted by molar-refractivity contribution is 4.68. The lowest BCUT2D eigenvalue weighted by molar-refractivity contribution is 0.115. The largest absolute Gasteiger partial charge is 0.381 e. The SMILES string of the molecule is CCCOCCC(CC)C(C)NC. The van der Waals surface area contributed by atoms with E-state index in [1.165, 1.54) is 12.8 Å². The molecule has 2 nitrogen and oxygen atoms in total. The maximum Gasteiger partial charge on any atom is 0.0469 e. The third kappa shape index (κ3) is 6.05. The van der Waals surface area contributed by atoms with Crippen LogP contribution in [0.25, 0.3) is 0 Å². The van der Waals surface area contributed by atoms with E-state index in [4.69, 9.17) is 4.74 Å². The van der Waals surface area contributed by atoms with Crippen LogP contribution in [0.2, 0.25) is 0 Å². The van der Waals surface area contributed by atoms with E-state index in [-0.39, 0.29) is 0 Å². The van der Waals surface area contributed by atoms with Crippen molar-refractivity contribution in [1.82, 2.24) is 5.32 Å². The molecule has 0 fully saturated rings. The Bertz CT molecular complexity index is 106. The molecule has 13 heavy (non-hydrogen) atoms. The van der Waals surface area contributed by atoms with Gasteiger partial charge in [-0.05, 0) is 32.7 Å². The van der Waals surface area contributed by atoms with Crippen molar-refractivity contribution in [2.45, 2.75) is 46.1 Å². The highest BCUT2D eigenvalue weighted by Gasteiger charge is 2.12. The third-order valence-corrected chi connectivity index (χ3v) is 2.67. The van der Waals surface area contributed by atoms with Crippen LogP contribution in [0.15, 0.2) is 0 Å². The molecule has 0 saturated carbocycles. The van der Waals surface area contributed by atoms with E-state index in [0.717, 1.165) is 25.6 Å². The van der Waals surface area contributed by atoms with Crippen molar-refractivity contribution in [3.63, 3.8) is 0 Å². The summed E-state index contributed by atoms with van der Waals surface area (Å²) in [5.41, 5.74) is 0. The second-order valence-corrected chi connectivity index (χ2v) is 3.65. The van der Waals surface area contributed by atoms with Gasteiger partial charge in [-0.15, -0.1) is 0 Å². The Kier molecular flexibility index (Phi) is 8.46. The fourth-order valence-electron chi connectivity index (χ4n) is 1.52. The number of rotatable bonds is 8. The van der Waals surface area contributed by atoms with Gasteiger partial charge in [0, 0.05) is 19.3 Å². The number of hydrogen-bond acceptors (Lipinski definition) is 2. The minimum absolute atomic E-state index is 0.607. The maximum absolute atomic E-state index is 5.48. The molecular formula is C11H25NO. The first-order valence-electron chi connectivity index (χ1n) is 5.51. The molecule has 0 aromatic carbocycles. The van der Waals surface area contributed by atoms with Gasteiger partial charge in [0.15, 0.2) is 0 Å². The molecule has 0 saturated heterocycles. The van der Waals surface area contributed by atoms with E-state index in [1.54, 1.807) is 0 Å². The zero-order valence-electron chi connectivity index (χ0n) is 9.60. The van der Waals surface area contributed by atoms with Crippen molar-refractivity contribution < 1.29 is 4.74 Å². The monoisotopic (exact) mass is 187 g/mol. The molecule has 80 valence electrons. The van der Waals surface area contributed by atoms with Gasteiger partial charge < -0.3 is 10.1 Å². The molecule has 0 amide bonds. The third-order valence-electron chi connectivity index (χ3n) is 2.67. The molecule has 0 radical (unpaired) electrons. The summed E-state index contributed by atoms with van der Waals surface area (Å²) in [5.74, 6) is 0.752. The smallest absolute Gasteiger partial charge is 0.0469 e. The van der Waals surface area contributed by atoms with Crippen molar-refractivity contribution in [2.75, 3.05) is 20.3 Å². The maximum atomic E-state index is 5.48. The summed E-state index contributed by atoms with van der Waals surface area (Å²) in [6.07, 6.45) is 3.54. The standard InChI is InChI=1S/C11H25NO/c1-5-8-13-9-7-11(6-2)10(3)12-4/h10-12H,5-9H2,1-4H3. The topological polar surface area (TPSA) is 21.3 Å². The van der Waals surface area contributed by atoms with E-state index in [0.29, 0.717) is 6.04 Å². The van der Waals surface area contributed by atoms with Gasteiger partial charge in [0.1, 0.15) is 0 Å². The minimum atomic E-state index is 0.607. The predicted molar refractivity (Wildman–Crippen MR) is 58.0 cm³/mol. The van der Waals surface area contributed by atoms with Gasteiger partial charge in [0.2, 0.25) is 0 Å². The van der Waals surface area contributed by atoms with Crippen molar-refractivity contribution in [3.8, 4) is 0 Å². The Balaban J connectivity index is 3.47. The molecule has 0 aromatic rings. The number of ether oxygens (including phenoxy) is 1. The first-order valence-corrected chi connectivity index (χ1v) is 5.51. The summed E-state index contributed by atoms with van der Waals surface area (Å²) in [7, 11) is 2.03. The summed E-state index contributed by atoms with van der Waals surface area (Å²) in [6.45, 7) is 8.46. The van der Waals surface area contributed by atoms with E-state index < -0.39 is 0 Å². The lowest BCUT2D eigenvalue weighted by Gasteiger charge is -2.21. The van der Waals surface area contributed by atoms with Crippen LogP contribution in [0.1, 0.15) is 40.0 Å². The molecule has 0 aliphatic rings. The first-order chi connectivity index (χ1) is 6.26. The summed E-state index contributed by atoms with van der Waals surface area (Å²) in [6, 6.07) is 0.607. The Morgan fingerprint density at radius 2 is 1.92 bits per heavy atom. The van der Waals surface area contributed by atoms with Crippen molar-refractivity contribution in [2.24, 2.45) is 5.92 Å². The van der Waals surface area contributed by atoms with Crippen LogP contribution in [0.5, 0.6) is 0 Å². The first kappa shape index (κ1) is 12.9. The van der Waals surface area contributed by atoms with E-state index in [2.05, 4.69) is 26.1 Å². The Morgan fingerprint density at radius 3 is 2.38 bits per heavy atom. The predicted octanol–water partition coefficient (Wildman–Crippen LogP) is 2.44. The van der Waals surface area contributed by atoms with Crippen LogP contribution in [0.4, 0.5) is 0 Å². The highest BCUT2D eigenvalue weighted by Crippen LogP contribution is 2.12. The Morgan fingerprint density at radius 1 is 1.23 bits per heavy atom. The number of hydrogen-bond donors (Lipinski definition) is 1.